The van der Waals surface area contributed by atoms with Crippen molar-refractivity contribution >= 4 is 29.2 Å². The Morgan fingerprint density at radius 3 is 2.43 bits per heavy atom. The summed E-state index contributed by atoms with van der Waals surface area (Å²) in [6.45, 7) is 0. The van der Waals surface area contributed by atoms with Crippen molar-refractivity contribution in [2.75, 3.05) is 5.32 Å². The normalized spacial score (nSPS) is 10.8. The molecule has 2 rings (SSSR count). The van der Waals surface area contributed by atoms with Crippen LogP contribution in [0.15, 0.2) is 54.4 Å². The van der Waals surface area contributed by atoms with Crippen molar-refractivity contribution in [1.82, 2.24) is 20.9 Å². The predicted molar refractivity (Wildman–Crippen MR) is 85.0 cm³/mol. The topological polar surface area (TPSA) is 122 Å². The Kier molecular flexibility index (Phi) is 5.61. The summed E-state index contributed by atoms with van der Waals surface area (Å²) in [4.78, 5) is 23.8. The van der Waals surface area contributed by atoms with Gasteiger partial charge in [-0.1, -0.05) is 29.8 Å². The average molecular weight is 333 g/mol. The number of anilines is 1. The second-order valence-electron chi connectivity index (χ2n) is 4.24. The molecule has 1 aromatic heterocycles. The Morgan fingerprint density at radius 2 is 1.83 bits per heavy atom. The van der Waals surface area contributed by atoms with Crippen molar-refractivity contribution in [3.8, 4) is 0 Å². The number of hydrogen-bond donors (Lipinski definition) is 4. The number of hydrogen-bond acceptors (Lipinski definition) is 6. The minimum Gasteiger partial charge on any atom is -0.343 e. The van der Waals surface area contributed by atoms with Gasteiger partial charge in [0.25, 0.3) is 11.8 Å². The molecule has 0 unspecified atom stereocenters. The summed E-state index contributed by atoms with van der Waals surface area (Å²) in [7, 11) is 0. The number of halogens is 1. The zero-order valence-electron chi connectivity index (χ0n) is 11.8. The van der Waals surface area contributed by atoms with Crippen LogP contribution in [-0.4, -0.2) is 22.0 Å². The van der Waals surface area contributed by atoms with Crippen LogP contribution in [0.1, 0.15) is 10.4 Å². The van der Waals surface area contributed by atoms with Crippen LogP contribution in [0.3, 0.4) is 0 Å². The molecule has 2 amide bonds. The molecule has 0 atom stereocenters. The third-order valence-electron chi connectivity index (χ3n) is 2.66. The Balaban J connectivity index is 2.13. The minimum atomic E-state index is -0.677. The van der Waals surface area contributed by atoms with Crippen molar-refractivity contribution in [2.45, 2.75) is 0 Å². The summed E-state index contributed by atoms with van der Waals surface area (Å²) in [6, 6.07) is 11.5. The average Bonchev–Trinajstić information content (AvgIpc) is 2.59. The lowest BCUT2D eigenvalue weighted by Crippen LogP contribution is -2.38. The fraction of sp³-hybridized carbons (Fsp3) is 0. The van der Waals surface area contributed by atoms with E-state index in [0.717, 1.165) is 0 Å². The molecule has 0 aliphatic rings. The minimum absolute atomic E-state index is 0.0851. The molecule has 0 saturated carbocycles. The van der Waals surface area contributed by atoms with E-state index in [4.69, 9.17) is 17.4 Å². The number of nitrogens with two attached hydrogens (primary N) is 1. The van der Waals surface area contributed by atoms with Crippen LogP contribution in [0.4, 0.5) is 5.82 Å². The summed E-state index contributed by atoms with van der Waals surface area (Å²) in [5.41, 5.74) is 2.26. The van der Waals surface area contributed by atoms with E-state index in [1.54, 1.807) is 36.4 Å². The second-order valence-corrected chi connectivity index (χ2v) is 4.62. The van der Waals surface area contributed by atoms with Gasteiger partial charge in [-0.05, 0) is 24.3 Å². The molecular formula is C14H13ClN6O2. The van der Waals surface area contributed by atoms with Crippen LogP contribution < -0.4 is 21.9 Å². The number of carbonyl (C=O) groups is 2. The number of hydrazine groups is 1. The fourth-order valence-corrected chi connectivity index (χ4v) is 1.66. The van der Waals surface area contributed by atoms with Crippen molar-refractivity contribution < 1.29 is 9.59 Å². The maximum atomic E-state index is 12.1. The van der Waals surface area contributed by atoms with Gasteiger partial charge < -0.3 is 10.6 Å². The van der Waals surface area contributed by atoms with Gasteiger partial charge in [0.1, 0.15) is 5.70 Å². The van der Waals surface area contributed by atoms with Crippen LogP contribution in [-0.2, 0) is 4.79 Å². The molecule has 0 spiro atoms. The highest BCUT2D eigenvalue weighted by atomic mass is 35.5. The van der Waals surface area contributed by atoms with Gasteiger partial charge in [0, 0.05) is 11.8 Å². The van der Waals surface area contributed by atoms with Crippen LogP contribution in [0.2, 0.25) is 5.15 Å². The molecule has 9 heteroatoms. The van der Waals surface area contributed by atoms with Gasteiger partial charge in [0.05, 0.1) is 0 Å². The standard InChI is InChI=1S/C14H13ClN6O2/c15-11-6-7-12(21-20-11)17-8-10(14(23)19-16)18-13(22)9-4-2-1-3-5-9/h1-8H,16H2,(H,17,21)(H,18,22)(H,19,23)/b10-8-. The Hall–Kier alpha value is -2.97. The number of amides is 2. The first-order valence-corrected chi connectivity index (χ1v) is 6.81. The van der Waals surface area contributed by atoms with Gasteiger partial charge in [0.15, 0.2) is 11.0 Å². The zero-order chi connectivity index (χ0) is 16.7. The first-order valence-electron chi connectivity index (χ1n) is 6.43. The highest BCUT2D eigenvalue weighted by molar-refractivity contribution is 6.29. The maximum Gasteiger partial charge on any atom is 0.283 e. The number of aromatic nitrogens is 2. The van der Waals surface area contributed by atoms with E-state index in [1.807, 2.05) is 5.43 Å². The van der Waals surface area contributed by atoms with Gasteiger partial charge in [-0.15, -0.1) is 10.2 Å². The van der Waals surface area contributed by atoms with Gasteiger partial charge in [-0.2, -0.15) is 0 Å². The van der Waals surface area contributed by atoms with Crippen LogP contribution >= 0.6 is 11.6 Å². The molecule has 0 aliphatic carbocycles. The fourth-order valence-electron chi connectivity index (χ4n) is 1.56. The van der Waals surface area contributed by atoms with Gasteiger partial charge in [0.2, 0.25) is 0 Å². The highest BCUT2D eigenvalue weighted by Crippen LogP contribution is 2.07. The van der Waals surface area contributed by atoms with Gasteiger partial charge in [-0.25, -0.2) is 5.84 Å². The van der Waals surface area contributed by atoms with Crippen molar-refractivity contribution in [2.24, 2.45) is 5.84 Å². The largest absolute Gasteiger partial charge is 0.343 e. The third kappa shape index (κ3) is 4.77. The molecule has 2 aromatic rings. The molecule has 0 aliphatic heterocycles. The molecule has 0 bridgehead atoms. The number of nitrogens with one attached hydrogen (secondary N) is 3. The van der Waals surface area contributed by atoms with E-state index in [1.165, 1.54) is 12.3 Å². The molecule has 0 fully saturated rings. The SMILES string of the molecule is NNC(=O)/C(=C/Nc1ccc(Cl)nn1)NC(=O)c1ccccc1. The number of rotatable bonds is 5. The predicted octanol–water partition coefficient (Wildman–Crippen LogP) is 0.803. The first-order chi connectivity index (χ1) is 11.1. The van der Waals surface area contributed by atoms with Crippen LogP contribution in [0.25, 0.3) is 0 Å². The second kappa shape index (κ2) is 7.87. The zero-order valence-corrected chi connectivity index (χ0v) is 12.5. The summed E-state index contributed by atoms with van der Waals surface area (Å²) < 4.78 is 0. The molecule has 1 heterocycles. The number of carbonyl (C=O) groups excluding carboxylic acids is 2. The molecule has 118 valence electrons. The maximum absolute atomic E-state index is 12.1. The lowest BCUT2D eigenvalue weighted by Gasteiger charge is -2.09. The Bertz CT molecular complexity index is 718. The Morgan fingerprint density at radius 1 is 1.09 bits per heavy atom. The monoisotopic (exact) mass is 332 g/mol. The van der Waals surface area contributed by atoms with E-state index in [0.29, 0.717) is 11.4 Å². The molecule has 0 saturated heterocycles. The van der Waals surface area contributed by atoms with E-state index >= 15 is 0 Å². The van der Waals surface area contributed by atoms with Crippen LogP contribution in [0, 0.1) is 0 Å². The summed E-state index contributed by atoms with van der Waals surface area (Å²) >= 11 is 5.63. The summed E-state index contributed by atoms with van der Waals surface area (Å²) in [5, 5.41) is 12.8. The van der Waals surface area contributed by atoms with E-state index < -0.39 is 11.8 Å². The lowest BCUT2D eigenvalue weighted by atomic mass is 10.2. The Labute approximate surface area is 136 Å². The van der Waals surface area contributed by atoms with Crippen molar-refractivity contribution in [1.29, 1.82) is 0 Å². The molecule has 0 radical (unpaired) electrons. The lowest BCUT2D eigenvalue weighted by molar-refractivity contribution is -0.117. The molecule has 5 N–H and O–H groups in total. The summed E-state index contributed by atoms with van der Waals surface area (Å²) in [5.74, 6) is 4.32. The number of nitrogens with zero attached hydrogens (tertiary/aromatic N) is 2. The van der Waals surface area contributed by atoms with Gasteiger partial charge in [-0.3, -0.25) is 15.0 Å². The van der Waals surface area contributed by atoms with E-state index in [-0.39, 0.29) is 10.9 Å². The molecule has 1 aromatic carbocycles. The van der Waals surface area contributed by atoms with E-state index in [2.05, 4.69) is 20.8 Å². The summed E-state index contributed by atoms with van der Waals surface area (Å²) in [6.07, 6.45) is 1.25. The highest BCUT2D eigenvalue weighted by Gasteiger charge is 2.13. The van der Waals surface area contributed by atoms with Crippen molar-refractivity contribution in [3.05, 3.63) is 65.1 Å². The molecule has 23 heavy (non-hydrogen) atoms. The first kappa shape index (κ1) is 16.4. The third-order valence-corrected chi connectivity index (χ3v) is 2.86. The van der Waals surface area contributed by atoms with Crippen molar-refractivity contribution in [3.63, 3.8) is 0 Å². The number of benzene rings is 1. The molecular weight excluding hydrogens is 320 g/mol. The smallest absolute Gasteiger partial charge is 0.283 e. The molecule has 8 nitrogen and oxygen atoms in total. The quantitative estimate of drug-likeness (QED) is 0.278. The van der Waals surface area contributed by atoms with Gasteiger partial charge >= 0.3 is 0 Å². The van der Waals surface area contributed by atoms with E-state index in [9.17, 15) is 9.59 Å². The van der Waals surface area contributed by atoms with Crippen LogP contribution in [0.5, 0.6) is 0 Å².